The van der Waals surface area contributed by atoms with Crippen molar-refractivity contribution in [2.24, 2.45) is 11.8 Å². The van der Waals surface area contributed by atoms with Crippen molar-refractivity contribution in [1.82, 2.24) is 0 Å². The van der Waals surface area contributed by atoms with Crippen molar-refractivity contribution in [1.29, 1.82) is 0 Å². The fourth-order valence-corrected chi connectivity index (χ4v) is 4.46. The quantitative estimate of drug-likeness (QED) is 0.366. The number of benzene rings is 4. The number of aromatic hydroxyl groups is 2. The maximum absolute atomic E-state index is 10.8. The summed E-state index contributed by atoms with van der Waals surface area (Å²) in [5, 5.41) is 25.7. The molecule has 0 amide bonds. The third-order valence-corrected chi connectivity index (χ3v) is 5.66. The van der Waals surface area contributed by atoms with Crippen molar-refractivity contribution < 1.29 is 10.2 Å². The van der Waals surface area contributed by atoms with Crippen LogP contribution in [0, 0.1) is 11.8 Å². The largest absolute Gasteiger partial charge is 0.507 e. The summed E-state index contributed by atoms with van der Waals surface area (Å²) in [4.78, 5) is 0. The highest BCUT2D eigenvalue weighted by molar-refractivity contribution is 6.09. The Labute approximate surface area is 178 Å². The first-order chi connectivity index (χ1) is 14.3. The normalized spacial score (nSPS) is 11.8. The van der Waals surface area contributed by atoms with Crippen LogP contribution < -0.4 is 0 Å². The second-order valence-corrected chi connectivity index (χ2v) is 9.23. The van der Waals surface area contributed by atoms with E-state index in [0.29, 0.717) is 23.0 Å². The lowest BCUT2D eigenvalue weighted by Gasteiger charge is -2.16. The fraction of sp³-hybridized carbons (Fsp3) is 0.286. The molecule has 0 aliphatic heterocycles. The monoisotopic (exact) mass is 398 g/mol. The lowest BCUT2D eigenvalue weighted by molar-refractivity contribution is 0.470. The fourth-order valence-electron chi connectivity index (χ4n) is 4.46. The van der Waals surface area contributed by atoms with Gasteiger partial charge in [0.05, 0.1) is 0 Å². The Kier molecular flexibility index (Phi) is 5.42. The first-order valence-corrected chi connectivity index (χ1v) is 10.8. The molecule has 4 aromatic carbocycles. The topological polar surface area (TPSA) is 40.5 Å². The molecule has 0 atom stereocenters. The summed E-state index contributed by atoms with van der Waals surface area (Å²) >= 11 is 0. The summed E-state index contributed by atoms with van der Waals surface area (Å²) in [5.41, 5.74) is 3.97. The summed E-state index contributed by atoms with van der Waals surface area (Å²) in [6.45, 7) is 8.87. The number of fused-ring (bicyclic) bond motifs is 2. The van der Waals surface area contributed by atoms with Crippen molar-refractivity contribution in [2.45, 2.75) is 40.5 Å². The van der Waals surface area contributed by atoms with Gasteiger partial charge in [-0.3, -0.25) is 0 Å². The predicted octanol–water partition coefficient (Wildman–Crippen LogP) is 7.47. The van der Waals surface area contributed by atoms with E-state index in [1.807, 2.05) is 12.1 Å². The van der Waals surface area contributed by atoms with Crippen molar-refractivity contribution in [2.75, 3.05) is 0 Å². The van der Waals surface area contributed by atoms with Gasteiger partial charge in [0.25, 0.3) is 0 Å². The molecule has 0 radical (unpaired) electrons. The van der Waals surface area contributed by atoms with Gasteiger partial charge in [-0.1, -0.05) is 76.2 Å². The van der Waals surface area contributed by atoms with Gasteiger partial charge in [0.1, 0.15) is 11.5 Å². The molecule has 2 N–H and O–H groups in total. The van der Waals surface area contributed by atoms with Gasteiger partial charge in [-0.15, -0.1) is 0 Å². The minimum absolute atomic E-state index is 0.188. The van der Waals surface area contributed by atoms with Crippen molar-refractivity contribution in [3.63, 3.8) is 0 Å². The number of hydrogen-bond acceptors (Lipinski definition) is 2. The van der Waals surface area contributed by atoms with Gasteiger partial charge in [0.2, 0.25) is 0 Å². The van der Waals surface area contributed by atoms with Crippen molar-refractivity contribution >= 4 is 21.5 Å². The van der Waals surface area contributed by atoms with Gasteiger partial charge in [-0.05, 0) is 69.5 Å². The number of phenolic OH excluding ortho intramolecular Hbond substituents is 2. The van der Waals surface area contributed by atoms with Crippen LogP contribution in [-0.2, 0) is 12.8 Å². The van der Waals surface area contributed by atoms with Crippen LogP contribution in [0.4, 0.5) is 0 Å². The minimum atomic E-state index is 0.188. The Bertz CT molecular complexity index is 1120. The van der Waals surface area contributed by atoms with Crippen LogP contribution in [-0.4, -0.2) is 10.2 Å². The molecule has 0 fully saturated rings. The van der Waals surface area contributed by atoms with Gasteiger partial charge in [-0.2, -0.15) is 0 Å². The van der Waals surface area contributed by atoms with Gasteiger partial charge < -0.3 is 10.2 Å². The second kappa shape index (κ2) is 8.02. The van der Waals surface area contributed by atoms with E-state index in [2.05, 4.69) is 64.1 Å². The lowest BCUT2D eigenvalue weighted by Crippen LogP contribution is -1.95. The maximum Gasteiger partial charge on any atom is 0.124 e. The summed E-state index contributed by atoms with van der Waals surface area (Å²) in [5.74, 6) is 1.55. The molecule has 0 unspecified atom stereocenters. The molecule has 0 saturated heterocycles. The van der Waals surface area contributed by atoms with E-state index in [-0.39, 0.29) is 11.5 Å². The van der Waals surface area contributed by atoms with Crippen LogP contribution in [0.5, 0.6) is 11.5 Å². The van der Waals surface area contributed by atoms with Crippen molar-refractivity contribution in [3.8, 4) is 22.6 Å². The third kappa shape index (κ3) is 3.87. The molecule has 0 spiro atoms. The molecule has 4 aromatic rings. The maximum atomic E-state index is 10.8. The summed E-state index contributed by atoms with van der Waals surface area (Å²) < 4.78 is 0. The highest BCUT2D eigenvalue weighted by Crippen LogP contribution is 2.44. The molecule has 0 aliphatic carbocycles. The highest BCUT2D eigenvalue weighted by atomic mass is 16.3. The first kappa shape index (κ1) is 20.3. The molecule has 154 valence electrons. The molecule has 2 heteroatoms. The van der Waals surface area contributed by atoms with Gasteiger partial charge >= 0.3 is 0 Å². The molecule has 0 heterocycles. The molecule has 0 saturated carbocycles. The summed E-state index contributed by atoms with van der Waals surface area (Å²) in [6.07, 6.45) is 2.04. The van der Waals surface area contributed by atoms with E-state index in [1.165, 1.54) is 11.1 Å². The van der Waals surface area contributed by atoms with Crippen molar-refractivity contribution in [3.05, 3.63) is 71.8 Å². The number of hydrogen-bond donors (Lipinski definition) is 2. The van der Waals surface area contributed by atoms with E-state index in [1.54, 1.807) is 12.1 Å². The zero-order chi connectivity index (χ0) is 21.4. The van der Waals surface area contributed by atoms with Crippen LogP contribution in [0.25, 0.3) is 32.7 Å². The summed E-state index contributed by atoms with van der Waals surface area (Å²) in [6, 6.07) is 20.2. The Balaban J connectivity index is 1.94. The molecular formula is C28H30O2. The number of phenols is 2. The minimum Gasteiger partial charge on any atom is -0.507 e. The SMILES string of the molecule is CC(C)Cc1ccc2c(-c3c(O)ccc4cc(CC(C)C)ccc34)c(O)ccc2c1. The van der Waals surface area contributed by atoms with E-state index in [4.69, 9.17) is 0 Å². The van der Waals surface area contributed by atoms with Gasteiger partial charge in [0, 0.05) is 11.1 Å². The smallest absolute Gasteiger partial charge is 0.124 e. The molecule has 0 bridgehead atoms. The molecular weight excluding hydrogens is 368 g/mol. The van der Waals surface area contributed by atoms with E-state index < -0.39 is 0 Å². The van der Waals surface area contributed by atoms with Gasteiger partial charge in [-0.25, -0.2) is 0 Å². The lowest BCUT2D eigenvalue weighted by atomic mass is 9.90. The van der Waals surface area contributed by atoms with E-state index >= 15 is 0 Å². The Morgan fingerprint density at radius 3 is 1.33 bits per heavy atom. The second-order valence-electron chi connectivity index (χ2n) is 9.23. The number of rotatable bonds is 5. The molecule has 0 aromatic heterocycles. The zero-order valence-corrected chi connectivity index (χ0v) is 18.2. The first-order valence-electron chi connectivity index (χ1n) is 10.8. The zero-order valence-electron chi connectivity index (χ0n) is 18.2. The molecule has 30 heavy (non-hydrogen) atoms. The average molecular weight is 399 g/mol. The van der Waals surface area contributed by atoms with E-state index in [9.17, 15) is 10.2 Å². The van der Waals surface area contributed by atoms with Crippen LogP contribution in [0.15, 0.2) is 60.7 Å². The summed E-state index contributed by atoms with van der Waals surface area (Å²) in [7, 11) is 0. The highest BCUT2D eigenvalue weighted by Gasteiger charge is 2.17. The van der Waals surface area contributed by atoms with Crippen LogP contribution >= 0.6 is 0 Å². The van der Waals surface area contributed by atoms with Crippen LogP contribution in [0.3, 0.4) is 0 Å². The molecule has 2 nitrogen and oxygen atoms in total. The average Bonchev–Trinajstić information content (AvgIpc) is 2.68. The van der Waals surface area contributed by atoms with Gasteiger partial charge in [0.15, 0.2) is 0 Å². The Morgan fingerprint density at radius 1 is 0.567 bits per heavy atom. The third-order valence-electron chi connectivity index (χ3n) is 5.66. The van der Waals surface area contributed by atoms with E-state index in [0.717, 1.165) is 34.4 Å². The Hall–Kier alpha value is -3.00. The van der Waals surface area contributed by atoms with Crippen LogP contribution in [0.2, 0.25) is 0 Å². The predicted molar refractivity (Wildman–Crippen MR) is 127 cm³/mol. The van der Waals surface area contributed by atoms with Crippen LogP contribution in [0.1, 0.15) is 38.8 Å². The molecule has 0 aliphatic rings. The Morgan fingerprint density at radius 2 is 0.967 bits per heavy atom. The molecule has 4 rings (SSSR count). The standard InChI is InChI=1S/C28H30O2/c1-17(2)13-19-5-9-23-21(15-19)7-11-25(29)27(23)28-24-10-6-20(14-18(3)4)16-22(24)8-12-26(28)30/h5-12,15-18,29-30H,13-14H2,1-4H3.